The van der Waals surface area contributed by atoms with Crippen LogP contribution in [-0.2, 0) is 19.1 Å². The van der Waals surface area contributed by atoms with Gasteiger partial charge >= 0.3 is 5.97 Å². The van der Waals surface area contributed by atoms with Gasteiger partial charge in [-0.3, -0.25) is 14.4 Å². The molecule has 0 saturated heterocycles. The fourth-order valence-corrected chi connectivity index (χ4v) is 2.65. The van der Waals surface area contributed by atoms with Crippen molar-refractivity contribution in [3.05, 3.63) is 51.5 Å². The first-order chi connectivity index (χ1) is 10.8. The van der Waals surface area contributed by atoms with Crippen LogP contribution in [0.15, 0.2) is 40.1 Å². The Morgan fingerprint density at radius 3 is 2.70 bits per heavy atom. The van der Waals surface area contributed by atoms with Gasteiger partial charge in [0.1, 0.15) is 11.6 Å². The van der Waals surface area contributed by atoms with Crippen LogP contribution < -0.4 is 0 Å². The Balaban J connectivity index is 2.13. The highest BCUT2D eigenvalue weighted by Gasteiger charge is 2.37. The minimum atomic E-state index is -1.40. The van der Waals surface area contributed by atoms with Gasteiger partial charge in [-0.1, -0.05) is 17.7 Å². The summed E-state index contributed by atoms with van der Waals surface area (Å²) in [5, 5.41) is 0. The molecule has 0 saturated carbocycles. The lowest BCUT2D eigenvalue weighted by molar-refractivity contribution is -0.152. The van der Waals surface area contributed by atoms with Crippen molar-refractivity contribution in [3.63, 3.8) is 0 Å². The number of ether oxygens (including phenoxy) is 1. The monoisotopic (exact) mass is 380 g/mol. The number of allylic oxidation sites excluding steroid dienone is 3. The predicted molar refractivity (Wildman–Crippen MR) is 85.7 cm³/mol. The summed E-state index contributed by atoms with van der Waals surface area (Å²) >= 11 is 3.09. The number of carbonyl (C=O) groups is 3. The van der Waals surface area contributed by atoms with Crippen LogP contribution in [-0.4, -0.2) is 17.5 Å². The van der Waals surface area contributed by atoms with Crippen LogP contribution in [0.2, 0.25) is 0 Å². The summed E-state index contributed by atoms with van der Waals surface area (Å²) in [5.41, 5.74) is 1.36. The zero-order valence-corrected chi connectivity index (χ0v) is 14.1. The number of Topliss-reactive ketones (excluding diaryl/α,β-unsaturated/α-hetero) is 1. The molecule has 1 aliphatic heterocycles. The van der Waals surface area contributed by atoms with Crippen LogP contribution in [0.3, 0.4) is 0 Å². The topological polar surface area (TPSA) is 60.4 Å². The Morgan fingerprint density at radius 2 is 2.09 bits per heavy atom. The highest BCUT2D eigenvalue weighted by Crippen LogP contribution is 2.22. The minimum Gasteiger partial charge on any atom is -0.430 e. The molecule has 4 nitrogen and oxygen atoms in total. The Kier molecular flexibility index (Phi) is 5.26. The second-order valence-corrected chi connectivity index (χ2v) is 6.17. The summed E-state index contributed by atoms with van der Waals surface area (Å²) in [6.07, 6.45) is 2.79. The average Bonchev–Trinajstić information content (AvgIpc) is 2.41. The molecule has 0 fully saturated rings. The molecule has 1 aromatic rings. The van der Waals surface area contributed by atoms with Crippen LogP contribution in [0, 0.1) is 11.7 Å². The first-order valence-electron chi connectivity index (χ1n) is 6.86. The fraction of sp³-hybridized carbons (Fsp3) is 0.235. The molecule has 1 atom stereocenters. The lowest BCUT2D eigenvalue weighted by atomic mass is 9.92. The molecular formula is C17H14BrFO4. The number of hydrogen-bond acceptors (Lipinski definition) is 4. The molecule has 2 rings (SSSR count). The van der Waals surface area contributed by atoms with Gasteiger partial charge in [-0.05, 0) is 47.5 Å². The van der Waals surface area contributed by atoms with Gasteiger partial charge in [-0.15, -0.1) is 0 Å². The highest BCUT2D eigenvalue weighted by atomic mass is 79.9. The molecule has 1 unspecified atom stereocenters. The molecule has 0 N–H and O–H groups in total. The Bertz CT molecular complexity index is 749. The third-order valence-corrected chi connectivity index (χ3v) is 3.87. The maximum Gasteiger partial charge on any atom is 0.329 e. The van der Waals surface area contributed by atoms with E-state index >= 15 is 0 Å². The summed E-state index contributed by atoms with van der Waals surface area (Å²) in [7, 11) is 0. The van der Waals surface area contributed by atoms with E-state index in [2.05, 4.69) is 15.9 Å². The van der Waals surface area contributed by atoms with E-state index in [1.165, 1.54) is 13.0 Å². The molecule has 1 heterocycles. The molecule has 1 aliphatic rings. The Morgan fingerprint density at radius 1 is 1.39 bits per heavy atom. The summed E-state index contributed by atoms with van der Waals surface area (Å²) in [5.74, 6) is -3.50. The van der Waals surface area contributed by atoms with Gasteiger partial charge in [0.05, 0.1) is 4.47 Å². The molecule has 6 heteroatoms. The van der Waals surface area contributed by atoms with E-state index in [1.54, 1.807) is 25.1 Å². The minimum absolute atomic E-state index is 0.0621. The zero-order valence-electron chi connectivity index (χ0n) is 12.6. The highest BCUT2D eigenvalue weighted by molar-refractivity contribution is 9.10. The summed E-state index contributed by atoms with van der Waals surface area (Å²) in [4.78, 5) is 35.7. The summed E-state index contributed by atoms with van der Waals surface area (Å²) < 4.78 is 18.3. The number of ketones is 2. The van der Waals surface area contributed by atoms with E-state index in [9.17, 15) is 18.8 Å². The van der Waals surface area contributed by atoms with Crippen molar-refractivity contribution >= 4 is 39.5 Å². The average molecular weight is 381 g/mol. The Labute approximate surface area is 141 Å². The molecule has 1 aromatic carbocycles. The second kappa shape index (κ2) is 7.00. The number of esters is 1. The van der Waals surface area contributed by atoms with Gasteiger partial charge < -0.3 is 4.74 Å². The zero-order chi connectivity index (χ0) is 17.1. The van der Waals surface area contributed by atoms with Gasteiger partial charge in [-0.25, -0.2) is 4.39 Å². The molecule has 0 aromatic heterocycles. The largest absolute Gasteiger partial charge is 0.430 e. The SMILES string of the molecule is CC(=Cc1ccc(F)c(Br)c1)CC(=O)C1C(=O)C=C(C)OC1=O. The van der Waals surface area contributed by atoms with Crippen LogP contribution in [0.5, 0.6) is 0 Å². The number of hydrogen-bond donors (Lipinski definition) is 0. The van der Waals surface area contributed by atoms with E-state index in [4.69, 9.17) is 4.74 Å². The maximum absolute atomic E-state index is 13.2. The van der Waals surface area contributed by atoms with Crippen molar-refractivity contribution in [3.8, 4) is 0 Å². The van der Waals surface area contributed by atoms with Gasteiger partial charge in [0, 0.05) is 12.5 Å². The molecule has 120 valence electrons. The van der Waals surface area contributed by atoms with Gasteiger partial charge in [0.25, 0.3) is 0 Å². The van der Waals surface area contributed by atoms with Crippen molar-refractivity contribution in [1.29, 1.82) is 0 Å². The Hall–Kier alpha value is -2.08. The van der Waals surface area contributed by atoms with Crippen molar-refractivity contribution in [2.24, 2.45) is 5.92 Å². The standard InChI is InChI=1S/C17H14BrFO4/c1-9(5-11-3-4-13(19)12(18)8-11)6-14(20)16-15(21)7-10(2)23-17(16)22/h3-5,7-8,16H,6H2,1-2H3. The smallest absolute Gasteiger partial charge is 0.329 e. The third-order valence-electron chi connectivity index (χ3n) is 3.26. The first-order valence-corrected chi connectivity index (χ1v) is 7.66. The van der Waals surface area contributed by atoms with Crippen molar-refractivity contribution in [1.82, 2.24) is 0 Å². The van der Waals surface area contributed by atoms with E-state index in [-0.39, 0.29) is 18.0 Å². The van der Waals surface area contributed by atoms with E-state index < -0.39 is 23.5 Å². The van der Waals surface area contributed by atoms with Crippen LogP contribution in [0.4, 0.5) is 4.39 Å². The van der Waals surface area contributed by atoms with Crippen molar-refractivity contribution in [2.75, 3.05) is 0 Å². The number of benzene rings is 1. The molecule has 23 heavy (non-hydrogen) atoms. The van der Waals surface area contributed by atoms with Gasteiger partial charge in [-0.2, -0.15) is 0 Å². The lowest BCUT2D eigenvalue weighted by Gasteiger charge is -2.17. The summed E-state index contributed by atoms with van der Waals surface area (Å²) in [6.45, 7) is 3.18. The third kappa shape index (κ3) is 4.22. The predicted octanol–water partition coefficient (Wildman–Crippen LogP) is 3.60. The van der Waals surface area contributed by atoms with Crippen LogP contribution >= 0.6 is 15.9 Å². The number of cyclic esters (lactones) is 1. The van der Waals surface area contributed by atoms with E-state index in [0.29, 0.717) is 15.6 Å². The molecular weight excluding hydrogens is 367 g/mol. The molecule has 0 bridgehead atoms. The van der Waals surface area contributed by atoms with Gasteiger partial charge in [0.15, 0.2) is 17.5 Å². The number of halogens is 2. The molecule has 0 spiro atoms. The lowest BCUT2D eigenvalue weighted by Crippen LogP contribution is -2.35. The van der Waals surface area contributed by atoms with Crippen LogP contribution in [0.1, 0.15) is 25.8 Å². The molecule has 0 aliphatic carbocycles. The van der Waals surface area contributed by atoms with Crippen LogP contribution in [0.25, 0.3) is 6.08 Å². The van der Waals surface area contributed by atoms with Gasteiger partial charge in [0.2, 0.25) is 0 Å². The number of rotatable bonds is 4. The van der Waals surface area contributed by atoms with Crippen molar-refractivity contribution < 1.29 is 23.5 Å². The van der Waals surface area contributed by atoms with E-state index in [0.717, 1.165) is 6.08 Å². The maximum atomic E-state index is 13.2. The van der Waals surface area contributed by atoms with E-state index in [1.807, 2.05) is 0 Å². The van der Waals surface area contributed by atoms with Crippen molar-refractivity contribution in [2.45, 2.75) is 20.3 Å². The summed E-state index contributed by atoms with van der Waals surface area (Å²) in [6, 6.07) is 4.45. The fourth-order valence-electron chi connectivity index (χ4n) is 2.25. The second-order valence-electron chi connectivity index (χ2n) is 5.32. The molecule has 0 radical (unpaired) electrons. The first kappa shape index (κ1) is 17.3. The normalized spacial score (nSPS) is 18.5. The molecule has 0 amide bonds. The quantitative estimate of drug-likeness (QED) is 0.591. The number of carbonyl (C=O) groups excluding carboxylic acids is 3.